The van der Waals surface area contributed by atoms with E-state index in [0.717, 1.165) is 5.56 Å². The van der Waals surface area contributed by atoms with Crippen LogP contribution in [0.2, 0.25) is 0 Å². The van der Waals surface area contributed by atoms with Crippen LogP contribution in [0.3, 0.4) is 0 Å². The van der Waals surface area contributed by atoms with Gasteiger partial charge in [0.2, 0.25) is 6.79 Å². The third kappa shape index (κ3) is 3.65. The molecule has 0 radical (unpaired) electrons. The summed E-state index contributed by atoms with van der Waals surface area (Å²) in [7, 11) is 0. The molecule has 24 heavy (non-hydrogen) atoms. The van der Waals surface area contributed by atoms with Crippen molar-refractivity contribution >= 4 is 11.9 Å². The molecule has 1 amide bonds. The molecule has 3 rings (SSSR count). The van der Waals surface area contributed by atoms with Crippen LogP contribution < -0.4 is 14.8 Å². The molecule has 0 fully saturated rings. The van der Waals surface area contributed by atoms with Crippen LogP contribution >= 0.6 is 0 Å². The Balaban J connectivity index is 1.51. The minimum atomic E-state index is -0.587. The van der Waals surface area contributed by atoms with Gasteiger partial charge in [0, 0.05) is 0 Å². The number of carbonyl (C=O) groups is 2. The summed E-state index contributed by atoms with van der Waals surface area (Å²) >= 11 is 0. The van der Waals surface area contributed by atoms with Crippen LogP contribution in [-0.2, 0) is 9.53 Å². The van der Waals surface area contributed by atoms with Crippen molar-refractivity contribution in [3.05, 3.63) is 59.7 Å². The van der Waals surface area contributed by atoms with Gasteiger partial charge in [0.05, 0.1) is 11.6 Å². The molecule has 0 aliphatic carbocycles. The summed E-state index contributed by atoms with van der Waals surface area (Å²) in [6.45, 7) is 1.66. The molecule has 124 valence electrons. The number of ether oxygens (including phenoxy) is 3. The number of nitrogens with one attached hydrogen (secondary N) is 1. The maximum Gasteiger partial charge on any atom is 0.338 e. The molecule has 0 saturated heterocycles. The lowest BCUT2D eigenvalue weighted by Gasteiger charge is -2.14. The Morgan fingerprint density at radius 2 is 1.88 bits per heavy atom. The SMILES string of the molecule is C[C@@H](NC(=O)COC(=O)c1ccc2c(c1)OCO2)c1ccccc1. The first-order chi connectivity index (χ1) is 11.6. The van der Waals surface area contributed by atoms with Gasteiger partial charge in [-0.2, -0.15) is 0 Å². The molecule has 2 aromatic carbocycles. The summed E-state index contributed by atoms with van der Waals surface area (Å²) in [6, 6.07) is 14.1. The van der Waals surface area contributed by atoms with E-state index in [-0.39, 0.29) is 25.3 Å². The number of amides is 1. The molecule has 0 saturated carbocycles. The third-order valence-corrected chi connectivity index (χ3v) is 3.62. The molecule has 6 nitrogen and oxygen atoms in total. The first kappa shape index (κ1) is 15.9. The van der Waals surface area contributed by atoms with E-state index < -0.39 is 5.97 Å². The van der Waals surface area contributed by atoms with E-state index in [9.17, 15) is 9.59 Å². The van der Waals surface area contributed by atoms with Crippen molar-refractivity contribution in [2.45, 2.75) is 13.0 Å². The smallest absolute Gasteiger partial charge is 0.338 e. The zero-order chi connectivity index (χ0) is 16.9. The fourth-order valence-corrected chi connectivity index (χ4v) is 2.35. The Hall–Kier alpha value is -3.02. The molecule has 1 aliphatic rings. The topological polar surface area (TPSA) is 73.9 Å². The summed E-state index contributed by atoms with van der Waals surface area (Å²) in [5, 5.41) is 2.78. The second-order valence-corrected chi connectivity index (χ2v) is 5.34. The predicted octanol–water partition coefficient (Wildman–Crippen LogP) is 2.45. The fourth-order valence-electron chi connectivity index (χ4n) is 2.35. The number of hydrogen-bond acceptors (Lipinski definition) is 5. The van der Waals surface area contributed by atoms with Crippen molar-refractivity contribution in [3.8, 4) is 11.5 Å². The van der Waals surface area contributed by atoms with Gasteiger partial charge in [-0.1, -0.05) is 30.3 Å². The highest BCUT2D eigenvalue weighted by atomic mass is 16.7. The number of carbonyl (C=O) groups excluding carboxylic acids is 2. The monoisotopic (exact) mass is 327 g/mol. The summed E-state index contributed by atoms with van der Waals surface area (Å²) in [5.41, 5.74) is 1.29. The number of esters is 1. The molecule has 0 unspecified atom stereocenters. The zero-order valence-corrected chi connectivity index (χ0v) is 13.2. The van der Waals surface area contributed by atoms with Gasteiger partial charge in [-0.15, -0.1) is 0 Å². The Kier molecular flexibility index (Phi) is 4.65. The summed E-state index contributed by atoms with van der Waals surface area (Å²) in [5.74, 6) is 0.129. The Morgan fingerprint density at radius 1 is 1.12 bits per heavy atom. The first-order valence-electron chi connectivity index (χ1n) is 7.54. The summed E-state index contributed by atoms with van der Waals surface area (Å²) in [4.78, 5) is 23.9. The summed E-state index contributed by atoms with van der Waals surface area (Å²) in [6.07, 6.45) is 0. The van der Waals surface area contributed by atoms with Crippen LogP contribution in [0.4, 0.5) is 0 Å². The Bertz CT molecular complexity index is 744. The predicted molar refractivity (Wildman–Crippen MR) is 85.8 cm³/mol. The lowest BCUT2D eigenvalue weighted by atomic mass is 10.1. The largest absolute Gasteiger partial charge is 0.454 e. The normalized spacial score (nSPS) is 13.2. The molecule has 0 aromatic heterocycles. The molecule has 1 heterocycles. The van der Waals surface area contributed by atoms with Crippen molar-refractivity contribution in [1.29, 1.82) is 0 Å². The van der Waals surface area contributed by atoms with Crippen LogP contribution in [0.15, 0.2) is 48.5 Å². The van der Waals surface area contributed by atoms with Gasteiger partial charge < -0.3 is 19.5 Å². The maximum absolute atomic E-state index is 12.0. The van der Waals surface area contributed by atoms with Crippen LogP contribution in [0, 0.1) is 0 Å². The number of hydrogen-bond donors (Lipinski definition) is 1. The van der Waals surface area contributed by atoms with E-state index in [1.54, 1.807) is 12.1 Å². The molecular weight excluding hydrogens is 310 g/mol. The number of fused-ring (bicyclic) bond motifs is 1. The highest BCUT2D eigenvalue weighted by molar-refractivity contribution is 5.92. The van der Waals surface area contributed by atoms with Crippen molar-refractivity contribution in [3.63, 3.8) is 0 Å². The molecular formula is C18H17NO5. The minimum absolute atomic E-state index is 0.133. The maximum atomic E-state index is 12.0. The molecule has 1 aliphatic heterocycles. The minimum Gasteiger partial charge on any atom is -0.454 e. The molecule has 1 atom stereocenters. The van der Waals surface area contributed by atoms with Gasteiger partial charge in [-0.3, -0.25) is 4.79 Å². The molecule has 1 N–H and O–H groups in total. The van der Waals surface area contributed by atoms with Crippen LogP contribution in [0.5, 0.6) is 11.5 Å². The van der Waals surface area contributed by atoms with E-state index in [1.165, 1.54) is 6.07 Å². The van der Waals surface area contributed by atoms with Crippen molar-refractivity contribution in [1.82, 2.24) is 5.32 Å². The molecule has 0 bridgehead atoms. The number of benzene rings is 2. The quantitative estimate of drug-likeness (QED) is 0.854. The zero-order valence-electron chi connectivity index (χ0n) is 13.2. The van der Waals surface area contributed by atoms with Crippen molar-refractivity contribution in [2.75, 3.05) is 13.4 Å². The highest BCUT2D eigenvalue weighted by Crippen LogP contribution is 2.32. The highest BCUT2D eigenvalue weighted by Gasteiger charge is 2.18. The molecule has 0 spiro atoms. The van der Waals surface area contributed by atoms with E-state index in [2.05, 4.69) is 5.32 Å². The van der Waals surface area contributed by atoms with Gasteiger partial charge in [0.1, 0.15) is 0 Å². The van der Waals surface area contributed by atoms with Crippen LogP contribution in [-0.4, -0.2) is 25.3 Å². The van der Waals surface area contributed by atoms with Gasteiger partial charge in [0.15, 0.2) is 18.1 Å². The van der Waals surface area contributed by atoms with Crippen molar-refractivity contribution < 1.29 is 23.8 Å². The van der Waals surface area contributed by atoms with Crippen LogP contribution in [0.1, 0.15) is 28.9 Å². The Labute approximate surface area is 139 Å². The Morgan fingerprint density at radius 3 is 2.67 bits per heavy atom. The second-order valence-electron chi connectivity index (χ2n) is 5.34. The van der Waals surface area contributed by atoms with Crippen molar-refractivity contribution in [2.24, 2.45) is 0 Å². The lowest BCUT2D eigenvalue weighted by molar-refractivity contribution is -0.124. The standard InChI is InChI=1S/C18H17NO5/c1-12(13-5-3-2-4-6-13)19-17(20)10-22-18(21)14-7-8-15-16(9-14)24-11-23-15/h2-9,12H,10-11H2,1H3,(H,19,20)/t12-/m1/s1. The van der Waals surface area contributed by atoms with Gasteiger partial charge in [0.25, 0.3) is 5.91 Å². The molecule has 2 aromatic rings. The fraction of sp³-hybridized carbons (Fsp3) is 0.222. The van der Waals surface area contributed by atoms with E-state index >= 15 is 0 Å². The average molecular weight is 327 g/mol. The van der Waals surface area contributed by atoms with E-state index in [4.69, 9.17) is 14.2 Å². The second kappa shape index (κ2) is 7.04. The first-order valence-corrected chi connectivity index (χ1v) is 7.54. The van der Waals surface area contributed by atoms with E-state index in [1.807, 2.05) is 37.3 Å². The van der Waals surface area contributed by atoms with E-state index in [0.29, 0.717) is 17.1 Å². The number of rotatable bonds is 5. The van der Waals surface area contributed by atoms with Crippen LogP contribution in [0.25, 0.3) is 0 Å². The average Bonchev–Trinajstić information content (AvgIpc) is 3.08. The summed E-state index contributed by atoms with van der Waals surface area (Å²) < 4.78 is 15.4. The van der Waals surface area contributed by atoms with Gasteiger partial charge >= 0.3 is 5.97 Å². The van der Waals surface area contributed by atoms with Gasteiger partial charge in [-0.25, -0.2) is 4.79 Å². The lowest BCUT2D eigenvalue weighted by Crippen LogP contribution is -2.31. The molecule has 6 heteroatoms. The third-order valence-electron chi connectivity index (χ3n) is 3.62. The van der Waals surface area contributed by atoms with Gasteiger partial charge in [-0.05, 0) is 30.7 Å².